The summed E-state index contributed by atoms with van der Waals surface area (Å²) in [5.41, 5.74) is 2.69. The van der Waals surface area contributed by atoms with Gasteiger partial charge >= 0.3 is 0 Å². The van der Waals surface area contributed by atoms with Crippen molar-refractivity contribution >= 4 is 0 Å². The van der Waals surface area contributed by atoms with Crippen molar-refractivity contribution in [3.8, 4) is 11.8 Å². The molecule has 0 spiro atoms. The molecule has 0 aliphatic heterocycles. The first kappa shape index (κ1) is 21.2. The molecule has 0 unspecified atom stereocenters. The molecule has 1 aromatic carbocycles. The van der Waals surface area contributed by atoms with Crippen LogP contribution in [-0.4, -0.2) is 0 Å². The summed E-state index contributed by atoms with van der Waals surface area (Å²) in [5.74, 6) is 10.5. The maximum atomic E-state index is 3.86. The second kappa shape index (κ2) is 11.5. The number of hydrogen-bond acceptors (Lipinski definition) is 0. The highest BCUT2D eigenvalue weighted by molar-refractivity contribution is 5.36. The van der Waals surface area contributed by atoms with Crippen molar-refractivity contribution in [2.45, 2.75) is 90.4 Å². The van der Waals surface area contributed by atoms with E-state index in [9.17, 15) is 0 Å². The third kappa shape index (κ3) is 6.84. The molecule has 2 saturated carbocycles. The second-order valence-electron chi connectivity index (χ2n) is 9.38. The van der Waals surface area contributed by atoms with Crippen LogP contribution in [-0.2, 0) is 6.42 Å². The lowest BCUT2D eigenvalue weighted by atomic mass is 9.78. The van der Waals surface area contributed by atoms with E-state index in [4.69, 9.17) is 0 Å². The molecule has 1 aromatic rings. The lowest BCUT2D eigenvalue weighted by Crippen LogP contribution is -2.15. The van der Waals surface area contributed by atoms with Crippen LogP contribution in [0.4, 0.5) is 0 Å². The van der Waals surface area contributed by atoms with Crippen LogP contribution < -0.4 is 0 Å². The molecule has 28 heavy (non-hydrogen) atoms. The van der Waals surface area contributed by atoms with Gasteiger partial charge in [-0.05, 0) is 86.8 Å². The Bertz CT molecular complexity index is 625. The van der Waals surface area contributed by atoms with Crippen molar-refractivity contribution in [3.05, 3.63) is 48.0 Å². The van der Waals surface area contributed by atoms with E-state index in [2.05, 4.69) is 55.7 Å². The van der Waals surface area contributed by atoms with E-state index in [0.29, 0.717) is 5.92 Å². The number of hydrogen-bond donors (Lipinski definition) is 0. The Morgan fingerprint density at radius 3 is 2.07 bits per heavy atom. The van der Waals surface area contributed by atoms with E-state index in [-0.39, 0.29) is 0 Å². The lowest BCUT2D eigenvalue weighted by molar-refractivity contribution is 0.254. The molecule has 0 N–H and O–H groups in total. The van der Waals surface area contributed by atoms with Gasteiger partial charge in [0.1, 0.15) is 0 Å². The van der Waals surface area contributed by atoms with Crippen LogP contribution in [0.2, 0.25) is 0 Å². The van der Waals surface area contributed by atoms with Gasteiger partial charge in [0.15, 0.2) is 0 Å². The third-order valence-electron chi connectivity index (χ3n) is 7.39. The van der Waals surface area contributed by atoms with E-state index >= 15 is 0 Å². The van der Waals surface area contributed by atoms with Crippen LogP contribution in [0, 0.1) is 35.5 Å². The van der Waals surface area contributed by atoms with Crippen molar-refractivity contribution in [3.63, 3.8) is 0 Å². The molecule has 0 bridgehead atoms. The summed E-state index contributed by atoms with van der Waals surface area (Å²) in [4.78, 5) is 0. The standard InChI is InChI=1S/C28H40/c1-3-5-6-24-11-13-26(14-12-24)17-18-28-21-19-27(20-22-28)16-15-25-9-7-23(4-2)8-10-25/h3,19-26H,1,4-14,17-18H2,2H3. The van der Waals surface area contributed by atoms with Crippen LogP contribution in [0.3, 0.4) is 0 Å². The van der Waals surface area contributed by atoms with E-state index in [1.807, 2.05) is 0 Å². The fourth-order valence-electron chi connectivity index (χ4n) is 5.19. The van der Waals surface area contributed by atoms with Crippen LogP contribution in [0.25, 0.3) is 0 Å². The normalized spacial score (nSPS) is 27.6. The molecule has 2 aliphatic rings. The Labute approximate surface area is 174 Å². The molecule has 0 radical (unpaired) electrons. The minimum Gasteiger partial charge on any atom is -0.103 e. The Kier molecular flexibility index (Phi) is 8.72. The Morgan fingerprint density at radius 1 is 0.857 bits per heavy atom. The summed E-state index contributed by atoms with van der Waals surface area (Å²) in [6.45, 7) is 6.19. The number of benzene rings is 1. The lowest BCUT2D eigenvalue weighted by Gasteiger charge is -2.28. The van der Waals surface area contributed by atoms with Crippen LogP contribution in [0.15, 0.2) is 36.9 Å². The van der Waals surface area contributed by atoms with Gasteiger partial charge < -0.3 is 0 Å². The maximum absolute atomic E-state index is 3.86. The van der Waals surface area contributed by atoms with Gasteiger partial charge in [0.2, 0.25) is 0 Å². The summed E-state index contributed by atoms with van der Waals surface area (Å²) in [6, 6.07) is 9.11. The molecule has 2 fully saturated rings. The zero-order valence-electron chi connectivity index (χ0n) is 18.1. The molecule has 3 rings (SSSR count). The highest BCUT2D eigenvalue weighted by atomic mass is 14.3. The van der Waals surface area contributed by atoms with Gasteiger partial charge in [-0.1, -0.05) is 69.1 Å². The molecule has 0 amide bonds. The van der Waals surface area contributed by atoms with E-state index in [0.717, 1.165) is 17.8 Å². The first-order valence-electron chi connectivity index (χ1n) is 12.0. The average Bonchev–Trinajstić information content (AvgIpc) is 2.76. The first-order chi connectivity index (χ1) is 13.8. The van der Waals surface area contributed by atoms with Crippen LogP contribution in [0.1, 0.15) is 95.1 Å². The molecule has 0 heteroatoms. The van der Waals surface area contributed by atoms with Crippen LogP contribution >= 0.6 is 0 Å². The molecular weight excluding hydrogens is 336 g/mol. The van der Waals surface area contributed by atoms with Crippen molar-refractivity contribution in [2.24, 2.45) is 23.7 Å². The molecular formula is C28H40. The molecule has 152 valence electrons. The van der Waals surface area contributed by atoms with Crippen LogP contribution in [0.5, 0.6) is 0 Å². The highest BCUT2D eigenvalue weighted by Gasteiger charge is 2.20. The van der Waals surface area contributed by atoms with Gasteiger partial charge in [0, 0.05) is 11.5 Å². The summed E-state index contributed by atoms with van der Waals surface area (Å²) in [7, 11) is 0. The summed E-state index contributed by atoms with van der Waals surface area (Å²) in [5, 5.41) is 0. The van der Waals surface area contributed by atoms with Crippen molar-refractivity contribution in [1.29, 1.82) is 0 Å². The van der Waals surface area contributed by atoms with E-state index in [1.54, 1.807) is 0 Å². The predicted octanol–water partition coefficient (Wildman–Crippen LogP) is 7.96. The van der Waals surface area contributed by atoms with Crippen molar-refractivity contribution < 1.29 is 0 Å². The summed E-state index contributed by atoms with van der Waals surface area (Å²) >= 11 is 0. The van der Waals surface area contributed by atoms with Gasteiger partial charge in [-0.3, -0.25) is 0 Å². The fraction of sp³-hybridized carbons (Fsp3) is 0.643. The van der Waals surface area contributed by atoms with Crippen molar-refractivity contribution in [1.82, 2.24) is 0 Å². The zero-order valence-corrected chi connectivity index (χ0v) is 18.1. The molecule has 0 nitrogen and oxygen atoms in total. The van der Waals surface area contributed by atoms with Gasteiger partial charge in [0.25, 0.3) is 0 Å². The van der Waals surface area contributed by atoms with Gasteiger partial charge in [-0.15, -0.1) is 6.58 Å². The Balaban J connectivity index is 1.38. The third-order valence-corrected chi connectivity index (χ3v) is 7.39. The zero-order chi connectivity index (χ0) is 19.6. The average molecular weight is 377 g/mol. The monoisotopic (exact) mass is 376 g/mol. The Hall–Kier alpha value is -1.48. The fourth-order valence-corrected chi connectivity index (χ4v) is 5.19. The number of allylic oxidation sites excluding steroid dienone is 1. The van der Waals surface area contributed by atoms with E-state index < -0.39 is 0 Å². The first-order valence-corrected chi connectivity index (χ1v) is 12.0. The molecule has 0 atom stereocenters. The topological polar surface area (TPSA) is 0 Å². The van der Waals surface area contributed by atoms with Gasteiger partial charge in [-0.2, -0.15) is 0 Å². The Morgan fingerprint density at radius 2 is 1.46 bits per heavy atom. The number of aryl methyl sites for hydroxylation is 1. The minimum absolute atomic E-state index is 0.629. The summed E-state index contributed by atoms with van der Waals surface area (Å²) in [6.07, 6.45) is 19.7. The maximum Gasteiger partial charge on any atom is 0.0245 e. The molecule has 0 heterocycles. The predicted molar refractivity (Wildman–Crippen MR) is 122 cm³/mol. The van der Waals surface area contributed by atoms with Gasteiger partial charge in [-0.25, -0.2) is 0 Å². The van der Waals surface area contributed by atoms with Gasteiger partial charge in [0.05, 0.1) is 0 Å². The SMILES string of the molecule is C=CCCC1CCC(CCc2ccc(C#CC3CCC(CC)CC3)cc2)CC1. The minimum atomic E-state index is 0.629. The molecule has 0 saturated heterocycles. The molecule has 2 aliphatic carbocycles. The van der Waals surface area contributed by atoms with Crippen molar-refractivity contribution in [2.75, 3.05) is 0 Å². The quantitative estimate of drug-likeness (QED) is 0.334. The number of rotatable bonds is 7. The summed E-state index contributed by atoms with van der Waals surface area (Å²) < 4.78 is 0. The highest BCUT2D eigenvalue weighted by Crippen LogP contribution is 2.34. The molecule has 0 aromatic heterocycles. The second-order valence-corrected chi connectivity index (χ2v) is 9.38. The largest absolute Gasteiger partial charge is 0.103 e. The smallest absolute Gasteiger partial charge is 0.0245 e. The van der Waals surface area contributed by atoms with E-state index in [1.165, 1.54) is 94.6 Å².